The van der Waals surface area contributed by atoms with E-state index in [4.69, 9.17) is 5.73 Å². The Bertz CT molecular complexity index is 1210. The van der Waals surface area contributed by atoms with Gasteiger partial charge in [-0.1, -0.05) is 48.5 Å². The van der Waals surface area contributed by atoms with E-state index in [0.717, 1.165) is 27.8 Å². The first-order chi connectivity index (χ1) is 15.7. The van der Waals surface area contributed by atoms with Crippen LogP contribution in [-0.2, 0) is 17.5 Å². The van der Waals surface area contributed by atoms with Crippen LogP contribution in [0, 0.1) is 0 Å². The molecule has 0 aliphatic carbocycles. The lowest BCUT2D eigenvalue weighted by atomic mass is 9.94. The van der Waals surface area contributed by atoms with Crippen molar-refractivity contribution in [2.75, 3.05) is 6.61 Å². The third kappa shape index (κ3) is 4.62. The van der Waals surface area contributed by atoms with Gasteiger partial charge in [0.1, 0.15) is 16.7 Å². The molecule has 172 valence electrons. The van der Waals surface area contributed by atoms with Crippen molar-refractivity contribution in [2.24, 2.45) is 5.73 Å². The number of hydrogen-bond donors (Lipinski definition) is 2. The number of fused-ring (bicyclic) bond motifs is 1. The van der Waals surface area contributed by atoms with E-state index < -0.39 is 21.6 Å². The number of primary amides is 1. The summed E-state index contributed by atoms with van der Waals surface area (Å²) < 4.78 is 14.8. The maximum Gasteiger partial charge on any atom is 0.267 e. The highest BCUT2D eigenvalue weighted by molar-refractivity contribution is 7.84. The molecule has 3 N–H and O–H groups in total. The van der Waals surface area contributed by atoms with Gasteiger partial charge < -0.3 is 10.8 Å². The molecule has 1 amide bonds. The van der Waals surface area contributed by atoms with Gasteiger partial charge in [-0.2, -0.15) is 0 Å². The number of hydrogen-bond acceptors (Lipinski definition) is 4. The van der Waals surface area contributed by atoms with Crippen LogP contribution in [0.1, 0.15) is 54.8 Å². The fraction of sp³-hybridized carbons (Fsp3) is 0.308. The van der Waals surface area contributed by atoms with Crippen molar-refractivity contribution in [3.05, 3.63) is 77.5 Å². The van der Waals surface area contributed by atoms with E-state index in [0.29, 0.717) is 18.7 Å². The predicted molar refractivity (Wildman–Crippen MR) is 132 cm³/mol. The number of aliphatic hydroxyl groups is 1. The van der Waals surface area contributed by atoms with Crippen molar-refractivity contribution in [1.82, 2.24) is 9.29 Å². The summed E-state index contributed by atoms with van der Waals surface area (Å²) in [6, 6.07) is 19.4. The fourth-order valence-corrected chi connectivity index (χ4v) is 5.69. The highest BCUT2D eigenvalue weighted by Gasteiger charge is 2.40. The molecule has 1 aliphatic heterocycles. The molecule has 0 radical (unpaired) electrons. The second kappa shape index (κ2) is 9.17. The Morgan fingerprint density at radius 3 is 2.39 bits per heavy atom. The van der Waals surface area contributed by atoms with Crippen LogP contribution >= 0.6 is 0 Å². The van der Waals surface area contributed by atoms with Crippen LogP contribution in [0.15, 0.2) is 60.7 Å². The highest BCUT2D eigenvalue weighted by atomic mass is 32.2. The van der Waals surface area contributed by atoms with Crippen LogP contribution in [0.2, 0.25) is 0 Å². The molecule has 2 atom stereocenters. The van der Waals surface area contributed by atoms with Gasteiger partial charge in [-0.15, -0.1) is 0 Å². The summed E-state index contributed by atoms with van der Waals surface area (Å²) in [6.07, 6.45) is 0.414. The molecule has 0 saturated heterocycles. The van der Waals surface area contributed by atoms with Gasteiger partial charge >= 0.3 is 0 Å². The lowest BCUT2D eigenvalue weighted by Crippen LogP contribution is -2.36. The minimum Gasteiger partial charge on any atom is -0.396 e. The van der Waals surface area contributed by atoms with E-state index in [-0.39, 0.29) is 18.3 Å². The van der Waals surface area contributed by atoms with E-state index in [2.05, 4.69) is 4.98 Å². The molecule has 0 bridgehead atoms. The Kier molecular flexibility index (Phi) is 6.47. The number of benzene rings is 2. The summed E-state index contributed by atoms with van der Waals surface area (Å²) in [5.74, 6) is -0.604. The van der Waals surface area contributed by atoms with E-state index in [1.165, 1.54) is 0 Å². The molecule has 7 heteroatoms. The Morgan fingerprint density at radius 1 is 1.09 bits per heavy atom. The SMILES string of the molecule is CC(C)(C)S(=O)N1Cc2cc(C(N)=O)nc(-c3cccc(-c4ccccc4)c3)c2[C@H]1CCO. The number of aliphatic hydroxyl groups excluding tert-OH is 1. The molecule has 2 aromatic carbocycles. The summed E-state index contributed by atoms with van der Waals surface area (Å²) in [5.41, 5.74) is 11.2. The molecule has 0 saturated carbocycles. The number of nitrogens with two attached hydrogens (primary N) is 1. The molecule has 4 rings (SSSR count). The summed E-state index contributed by atoms with van der Waals surface area (Å²) in [6.45, 7) is 6.14. The quantitative estimate of drug-likeness (QED) is 0.572. The van der Waals surface area contributed by atoms with Gasteiger partial charge in [0.05, 0.1) is 16.5 Å². The number of aromatic nitrogens is 1. The number of nitrogens with zero attached hydrogens (tertiary/aromatic N) is 2. The van der Waals surface area contributed by atoms with Crippen LogP contribution < -0.4 is 5.73 Å². The zero-order valence-electron chi connectivity index (χ0n) is 19.1. The third-order valence-corrected chi connectivity index (χ3v) is 7.64. The molecular weight excluding hydrogens is 434 g/mol. The van der Waals surface area contributed by atoms with Crippen LogP contribution in [0.5, 0.6) is 0 Å². The standard InChI is InChI=1S/C26H29N3O3S/c1-26(2,3)33(32)29-16-20-15-21(25(27)31)28-24(23(20)22(29)12-13-30)19-11-7-10-18(14-19)17-8-5-4-6-9-17/h4-11,14-15,22,30H,12-13,16H2,1-3H3,(H2,27,31)/t22-,33?/m1/s1. The second-order valence-corrected chi connectivity index (χ2v) is 11.4. The summed E-state index contributed by atoms with van der Waals surface area (Å²) in [4.78, 5) is 16.8. The van der Waals surface area contributed by atoms with Gasteiger partial charge in [0, 0.05) is 24.3 Å². The van der Waals surface area contributed by atoms with Gasteiger partial charge in [-0.25, -0.2) is 13.5 Å². The topological polar surface area (TPSA) is 96.5 Å². The Hall–Kier alpha value is -2.87. The zero-order valence-corrected chi connectivity index (χ0v) is 19.9. The van der Waals surface area contributed by atoms with Gasteiger partial charge in [-0.05, 0) is 56.0 Å². The van der Waals surface area contributed by atoms with E-state index in [9.17, 15) is 14.1 Å². The predicted octanol–water partition coefficient (Wildman–Crippen LogP) is 4.22. The van der Waals surface area contributed by atoms with Crippen LogP contribution in [0.4, 0.5) is 0 Å². The molecule has 3 aromatic rings. The maximum absolute atomic E-state index is 13.4. The summed E-state index contributed by atoms with van der Waals surface area (Å²) in [7, 11) is -1.31. The highest BCUT2D eigenvalue weighted by Crippen LogP contribution is 2.44. The molecule has 1 aliphatic rings. The molecule has 2 heterocycles. The Labute approximate surface area is 197 Å². The van der Waals surface area contributed by atoms with Gasteiger partial charge in [-0.3, -0.25) is 4.79 Å². The summed E-state index contributed by atoms with van der Waals surface area (Å²) in [5, 5.41) is 9.83. The molecule has 0 fully saturated rings. The van der Waals surface area contributed by atoms with Crippen molar-refractivity contribution in [3.8, 4) is 22.4 Å². The molecule has 0 spiro atoms. The first kappa shape index (κ1) is 23.3. The van der Waals surface area contributed by atoms with Crippen molar-refractivity contribution in [3.63, 3.8) is 0 Å². The third-order valence-electron chi connectivity index (χ3n) is 5.79. The van der Waals surface area contributed by atoms with Gasteiger partial charge in [0.15, 0.2) is 0 Å². The van der Waals surface area contributed by atoms with E-state index >= 15 is 0 Å². The van der Waals surface area contributed by atoms with Gasteiger partial charge in [0.2, 0.25) is 0 Å². The van der Waals surface area contributed by atoms with Crippen LogP contribution in [-0.4, -0.2) is 35.9 Å². The minimum atomic E-state index is -1.31. The summed E-state index contributed by atoms with van der Waals surface area (Å²) >= 11 is 0. The normalized spacial score (nSPS) is 17.0. The maximum atomic E-state index is 13.4. The first-order valence-electron chi connectivity index (χ1n) is 11.0. The number of pyridine rings is 1. The fourth-order valence-electron chi connectivity index (χ4n) is 4.29. The minimum absolute atomic E-state index is 0.0526. The van der Waals surface area contributed by atoms with Crippen molar-refractivity contribution < 1.29 is 14.1 Å². The van der Waals surface area contributed by atoms with Crippen LogP contribution in [0.25, 0.3) is 22.4 Å². The van der Waals surface area contributed by atoms with Crippen molar-refractivity contribution in [2.45, 2.75) is 44.5 Å². The average molecular weight is 464 g/mol. The number of amides is 1. The molecule has 1 aromatic heterocycles. The van der Waals surface area contributed by atoms with Crippen LogP contribution in [0.3, 0.4) is 0 Å². The Morgan fingerprint density at radius 2 is 1.76 bits per heavy atom. The largest absolute Gasteiger partial charge is 0.396 e. The molecule has 1 unspecified atom stereocenters. The molecule has 33 heavy (non-hydrogen) atoms. The van der Waals surface area contributed by atoms with Gasteiger partial charge in [0.25, 0.3) is 5.91 Å². The first-order valence-corrected chi connectivity index (χ1v) is 12.1. The molecule has 6 nitrogen and oxygen atoms in total. The Balaban J connectivity index is 1.90. The number of carbonyl (C=O) groups is 1. The van der Waals surface area contributed by atoms with Crippen molar-refractivity contribution in [1.29, 1.82) is 0 Å². The average Bonchev–Trinajstić information content (AvgIpc) is 3.16. The molecular formula is C26H29N3O3S. The zero-order chi connectivity index (χ0) is 23.8. The van der Waals surface area contributed by atoms with E-state index in [1.807, 2.05) is 79.7 Å². The number of carbonyl (C=O) groups excluding carboxylic acids is 1. The monoisotopic (exact) mass is 463 g/mol. The van der Waals surface area contributed by atoms with E-state index in [1.54, 1.807) is 6.07 Å². The lowest BCUT2D eigenvalue weighted by molar-refractivity contribution is 0.0995. The second-order valence-electron chi connectivity index (χ2n) is 9.20. The van der Waals surface area contributed by atoms with Crippen molar-refractivity contribution >= 4 is 16.9 Å². The lowest BCUT2D eigenvalue weighted by Gasteiger charge is -2.30. The smallest absolute Gasteiger partial charge is 0.267 e. The number of rotatable bonds is 6.